The van der Waals surface area contributed by atoms with E-state index in [1.54, 1.807) is 12.1 Å². The van der Waals surface area contributed by atoms with Crippen LogP contribution in [-0.2, 0) is 6.54 Å². The zero-order valence-corrected chi connectivity index (χ0v) is 14.1. The molecule has 0 unspecified atom stereocenters. The van der Waals surface area contributed by atoms with Gasteiger partial charge < -0.3 is 9.47 Å². The van der Waals surface area contributed by atoms with Crippen molar-refractivity contribution in [3.05, 3.63) is 46.1 Å². The van der Waals surface area contributed by atoms with Gasteiger partial charge in [-0.25, -0.2) is 4.39 Å². The lowest BCUT2D eigenvalue weighted by atomic mass is 10.1. The maximum Gasteiger partial charge on any atom is 0.270 e. The first-order valence-electron chi connectivity index (χ1n) is 8.74. The van der Waals surface area contributed by atoms with Gasteiger partial charge in [-0.1, -0.05) is 25.8 Å². The maximum atomic E-state index is 13.5. The normalized spacial score (nSPS) is 15.5. The summed E-state index contributed by atoms with van der Waals surface area (Å²) in [6.45, 7) is 3.89. The van der Waals surface area contributed by atoms with E-state index in [4.69, 9.17) is 0 Å². The second-order valence-electron chi connectivity index (χ2n) is 6.42. The molecule has 1 aromatic heterocycles. The minimum atomic E-state index is -0.436. The highest BCUT2D eigenvalue weighted by Crippen LogP contribution is 2.18. The number of amides is 1. The average molecular weight is 330 g/mol. The van der Waals surface area contributed by atoms with Crippen molar-refractivity contribution in [2.24, 2.45) is 0 Å². The molecular weight excluding hydrogens is 307 g/mol. The fourth-order valence-electron chi connectivity index (χ4n) is 3.38. The Kier molecular flexibility index (Phi) is 4.97. The number of rotatable bonds is 3. The number of fused-ring (bicyclic) bond motifs is 1. The van der Waals surface area contributed by atoms with Gasteiger partial charge in [0, 0.05) is 19.6 Å². The van der Waals surface area contributed by atoms with Crippen LogP contribution in [0.1, 0.15) is 49.5 Å². The van der Waals surface area contributed by atoms with E-state index in [9.17, 15) is 14.0 Å². The van der Waals surface area contributed by atoms with Gasteiger partial charge in [0.15, 0.2) is 0 Å². The summed E-state index contributed by atoms with van der Waals surface area (Å²) in [6.07, 6.45) is 5.02. The Hall–Kier alpha value is -2.17. The quantitative estimate of drug-likeness (QED) is 0.863. The van der Waals surface area contributed by atoms with Crippen molar-refractivity contribution >= 4 is 16.7 Å². The van der Waals surface area contributed by atoms with Crippen molar-refractivity contribution in [1.82, 2.24) is 9.47 Å². The van der Waals surface area contributed by atoms with Crippen LogP contribution < -0.4 is 5.56 Å². The first kappa shape index (κ1) is 16.7. The lowest BCUT2D eigenvalue weighted by molar-refractivity contribution is 0.0749. The van der Waals surface area contributed by atoms with Crippen molar-refractivity contribution < 1.29 is 9.18 Å². The fraction of sp³-hybridized carbons (Fsp3) is 0.474. The van der Waals surface area contributed by atoms with Gasteiger partial charge in [0.2, 0.25) is 0 Å². The summed E-state index contributed by atoms with van der Waals surface area (Å²) < 4.78 is 15.0. The molecule has 2 aromatic rings. The Morgan fingerprint density at radius 3 is 2.50 bits per heavy atom. The van der Waals surface area contributed by atoms with Crippen LogP contribution in [-0.4, -0.2) is 28.5 Å². The van der Waals surface area contributed by atoms with Crippen LogP contribution in [0.2, 0.25) is 0 Å². The standard InChI is InChI=1S/C19H23FN2O2/c1-2-9-22-17(19(24)21-10-5-3-4-6-11-21)12-14-7-8-15(20)13-16(14)18(22)23/h7-8,12-13H,2-6,9-11H2,1H3. The van der Waals surface area contributed by atoms with E-state index in [0.29, 0.717) is 23.0 Å². The Balaban J connectivity index is 2.11. The number of aromatic nitrogens is 1. The van der Waals surface area contributed by atoms with E-state index in [0.717, 1.165) is 45.2 Å². The molecule has 0 spiro atoms. The molecule has 0 atom stereocenters. The van der Waals surface area contributed by atoms with Gasteiger partial charge in [-0.3, -0.25) is 9.59 Å². The van der Waals surface area contributed by atoms with Gasteiger partial charge >= 0.3 is 0 Å². The highest BCUT2D eigenvalue weighted by Gasteiger charge is 2.22. The minimum absolute atomic E-state index is 0.0892. The molecule has 0 saturated carbocycles. The molecule has 1 aliphatic heterocycles. The van der Waals surface area contributed by atoms with Gasteiger partial charge in [-0.2, -0.15) is 0 Å². The predicted molar refractivity (Wildman–Crippen MR) is 92.8 cm³/mol. The molecule has 128 valence electrons. The Labute approximate surface area is 140 Å². The third-order valence-corrected chi connectivity index (χ3v) is 4.63. The molecule has 1 aliphatic rings. The van der Waals surface area contributed by atoms with Crippen molar-refractivity contribution in [2.45, 2.75) is 45.6 Å². The summed E-state index contributed by atoms with van der Waals surface area (Å²) in [4.78, 5) is 27.6. The van der Waals surface area contributed by atoms with Crippen molar-refractivity contribution in [2.75, 3.05) is 13.1 Å². The van der Waals surface area contributed by atoms with Gasteiger partial charge in [-0.15, -0.1) is 0 Å². The lowest BCUT2D eigenvalue weighted by Crippen LogP contribution is -2.36. The number of halogens is 1. The Morgan fingerprint density at radius 1 is 1.12 bits per heavy atom. The Bertz CT molecular complexity index is 805. The lowest BCUT2D eigenvalue weighted by Gasteiger charge is -2.22. The zero-order valence-electron chi connectivity index (χ0n) is 14.1. The number of hydrogen-bond donors (Lipinski definition) is 0. The molecule has 0 aliphatic carbocycles. The first-order chi connectivity index (χ1) is 11.6. The molecule has 1 aromatic carbocycles. The highest BCUT2D eigenvalue weighted by molar-refractivity contribution is 5.96. The molecule has 4 nitrogen and oxygen atoms in total. The van der Waals surface area contributed by atoms with Crippen LogP contribution in [0.4, 0.5) is 4.39 Å². The smallest absolute Gasteiger partial charge is 0.270 e. The second-order valence-corrected chi connectivity index (χ2v) is 6.42. The summed E-state index contributed by atoms with van der Waals surface area (Å²) in [6, 6.07) is 5.89. The summed E-state index contributed by atoms with van der Waals surface area (Å²) in [5.74, 6) is -0.525. The van der Waals surface area contributed by atoms with Crippen molar-refractivity contribution in [3.8, 4) is 0 Å². The van der Waals surface area contributed by atoms with E-state index in [1.165, 1.54) is 16.7 Å². The fourth-order valence-corrected chi connectivity index (χ4v) is 3.38. The van der Waals surface area contributed by atoms with E-state index < -0.39 is 5.82 Å². The van der Waals surface area contributed by atoms with Crippen LogP contribution in [0, 0.1) is 5.82 Å². The molecule has 0 N–H and O–H groups in total. The molecule has 1 amide bonds. The highest BCUT2D eigenvalue weighted by atomic mass is 19.1. The molecule has 5 heteroatoms. The third-order valence-electron chi connectivity index (χ3n) is 4.63. The number of nitrogens with zero attached hydrogens (tertiary/aromatic N) is 2. The van der Waals surface area contributed by atoms with Gasteiger partial charge in [-0.05, 0) is 42.8 Å². The number of benzene rings is 1. The SMILES string of the molecule is CCCn1c(C(=O)N2CCCCCC2)cc2ccc(F)cc2c1=O. The molecule has 24 heavy (non-hydrogen) atoms. The van der Waals surface area contributed by atoms with Crippen LogP contribution in [0.15, 0.2) is 29.1 Å². The van der Waals surface area contributed by atoms with E-state index in [2.05, 4.69) is 0 Å². The molecule has 3 rings (SSSR count). The topological polar surface area (TPSA) is 42.3 Å². The predicted octanol–water partition coefficient (Wildman–Crippen LogP) is 3.57. The monoisotopic (exact) mass is 330 g/mol. The van der Waals surface area contributed by atoms with Crippen LogP contribution in [0.3, 0.4) is 0 Å². The molecule has 2 heterocycles. The first-order valence-corrected chi connectivity index (χ1v) is 8.74. The second kappa shape index (κ2) is 7.16. The largest absolute Gasteiger partial charge is 0.337 e. The third kappa shape index (κ3) is 3.21. The summed E-state index contributed by atoms with van der Waals surface area (Å²) in [5, 5.41) is 0.947. The van der Waals surface area contributed by atoms with Gasteiger partial charge in [0.1, 0.15) is 11.5 Å². The van der Waals surface area contributed by atoms with Crippen LogP contribution in [0.25, 0.3) is 10.8 Å². The summed E-state index contributed by atoms with van der Waals surface area (Å²) >= 11 is 0. The van der Waals surface area contributed by atoms with E-state index in [-0.39, 0.29) is 11.5 Å². The molecule has 0 bridgehead atoms. The number of pyridine rings is 1. The van der Waals surface area contributed by atoms with E-state index in [1.807, 2.05) is 11.8 Å². The van der Waals surface area contributed by atoms with Gasteiger partial charge in [0.25, 0.3) is 11.5 Å². The number of likely N-dealkylation sites (tertiary alicyclic amines) is 1. The van der Waals surface area contributed by atoms with Crippen molar-refractivity contribution in [3.63, 3.8) is 0 Å². The maximum absolute atomic E-state index is 13.5. The molecule has 1 fully saturated rings. The Morgan fingerprint density at radius 2 is 1.83 bits per heavy atom. The summed E-state index contributed by atoms with van der Waals surface area (Å²) in [7, 11) is 0. The van der Waals surface area contributed by atoms with Crippen molar-refractivity contribution in [1.29, 1.82) is 0 Å². The summed E-state index contributed by atoms with van der Waals surface area (Å²) in [5.41, 5.74) is 0.134. The molecule has 0 radical (unpaired) electrons. The molecule has 1 saturated heterocycles. The number of carbonyl (C=O) groups is 1. The minimum Gasteiger partial charge on any atom is -0.337 e. The van der Waals surface area contributed by atoms with Gasteiger partial charge in [0.05, 0.1) is 5.39 Å². The number of hydrogen-bond acceptors (Lipinski definition) is 2. The zero-order chi connectivity index (χ0) is 17.1. The number of carbonyl (C=O) groups excluding carboxylic acids is 1. The van der Waals surface area contributed by atoms with E-state index >= 15 is 0 Å². The van der Waals surface area contributed by atoms with Crippen LogP contribution >= 0.6 is 0 Å². The molecular formula is C19H23FN2O2. The van der Waals surface area contributed by atoms with Crippen LogP contribution in [0.5, 0.6) is 0 Å². The average Bonchev–Trinajstić information content (AvgIpc) is 2.86.